The number of hydrogen-bond donors (Lipinski definition) is 1. The van der Waals surface area contributed by atoms with Crippen LogP contribution in [0.3, 0.4) is 0 Å². The molecule has 0 bridgehead atoms. The second-order valence-corrected chi connectivity index (χ2v) is 6.87. The van der Waals surface area contributed by atoms with Crippen LogP contribution in [0.25, 0.3) is 0 Å². The SMILES string of the molecule is CCCNC1(c2nc(C)cs2)CCCC(CC)CC1. The molecule has 1 heterocycles. The summed E-state index contributed by atoms with van der Waals surface area (Å²) in [7, 11) is 0. The Hall–Kier alpha value is -0.410. The second-order valence-electron chi connectivity index (χ2n) is 6.01. The van der Waals surface area contributed by atoms with Crippen LogP contribution in [0, 0.1) is 12.8 Å². The van der Waals surface area contributed by atoms with Crippen LogP contribution in [0.4, 0.5) is 0 Å². The van der Waals surface area contributed by atoms with Crippen molar-refractivity contribution < 1.29 is 0 Å². The third-order valence-corrected chi connectivity index (χ3v) is 5.68. The van der Waals surface area contributed by atoms with Crippen LogP contribution >= 0.6 is 11.3 Å². The number of thiazole rings is 1. The summed E-state index contributed by atoms with van der Waals surface area (Å²) in [5, 5.41) is 7.38. The van der Waals surface area contributed by atoms with Crippen LogP contribution in [0.1, 0.15) is 69.5 Å². The Balaban J connectivity index is 2.19. The number of aromatic nitrogens is 1. The molecule has 0 amide bonds. The average Bonchev–Trinajstić information content (AvgIpc) is 2.75. The van der Waals surface area contributed by atoms with Crippen LogP contribution in [0.15, 0.2) is 5.38 Å². The van der Waals surface area contributed by atoms with E-state index in [1.54, 1.807) is 0 Å². The molecular formula is C16H28N2S. The van der Waals surface area contributed by atoms with Gasteiger partial charge in [-0.1, -0.05) is 33.1 Å². The molecule has 1 saturated carbocycles. The van der Waals surface area contributed by atoms with E-state index in [-0.39, 0.29) is 5.54 Å². The van der Waals surface area contributed by atoms with Crippen molar-refractivity contribution in [2.24, 2.45) is 5.92 Å². The van der Waals surface area contributed by atoms with Crippen molar-refractivity contribution in [2.45, 2.75) is 71.3 Å². The molecule has 0 spiro atoms. The zero-order valence-electron chi connectivity index (χ0n) is 12.7. The van der Waals surface area contributed by atoms with Gasteiger partial charge in [-0.25, -0.2) is 4.98 Å². The molecule has 3 heteroatoms. The number of nitrogens with zero attached hydrogens (tertiary/aromatic N) is 1. The van der Waals surface area contributed by atoms with Crippen molar-refractivity contribution in [1.82, 2.24) is 10.3 Å². The Bertz CT molecular complexity index is 388. The van der Waals surface area contributed by atoms with Gasteiger partial charge >= 0.3 is 0 Å². The monoisotopic (exact) mass is 280 g/mol. The first-order valence-corrected chi connectivity index (χ1v) is 8.75. The molecule has 2 rings (SSSR count). The van der Waals surface area contributed by atoms with Crippen LogP contribution in [-0.4, -0.2) is 11.5 Å². The quantitative estimate of drug-likeness (QED) is 0.795. The van der Waals surface area contributed by atoms with E-state index in [1.807, 2.05) is 11.3 Å². The summed E-state index contributed by atoms with van der Waals surface area (Å²) in [4.78, 5) is 4.81. The van der Waals surface area contributed by atoms with Crippen LogP contribution in [0.2, 0.25) is 0 Å². The molecule has 2 atom stereocenters. The third-order valence-electron chi connectivity index (χ3n) is 4.51. The Morgan fingerprint density at radius 1 is 1.37 bits per heavy atom. The second kappa shape index (κ2) is 6.85. The lowest BCUT2D eigenvalue weighted by molar-refractivity contribution is 0.284. The van der Waals surface area contributed by atoms with Crippen molar-refractivity contribution in [3.8, 4) is 0 Å². The molecule has 1 aliphatic carbocycles. The van der Waals surface area contributed by atoms with Gasteiger partial charge in [-0.05, 0) is 45.1 Å². The fourth-order valence-corrected chi connectivity index (χ4v) is 4.26. The van der Waals surface area contributed by atoms with Gasteiger partial charge in [-0.2, -0.15) is 0 Å². The maximum absolute atomic E-state index is 4.81. The highest BCUT2D eigenvalue weighted by Gasteiger charge is 2.36. The van der Waals surface area contributed by atoms with Crippen molar-refractivity contribution in [3.05, 3.63) is 16.1 Å². The molecule has 0 radical (unpaired) electrons. The van der Waals surface area contributed by atoms with Gasteiger partial charge in [0.1, 0.15) is 5.01 Å². The highest BCUT2D eigenvalue weighted by Crippen LogP contribution is 2.39. The summed E-state index contributed by atoms with van der Waals surface area (Å²) in [6.45, 7) is 7.80. The molecule has 1 N–H and O–H groups in total. The first-order chi connectivity index (χ1) is 9.20. The van der Waals surface area contributed by atoms with Crippen LogP contribution in [0.5, 0.6) is 0 Å². The summed E-state index contributed by atoms with van der Waals surface area (Å²) >= 11 is 1.85. The minimum absolute atomic E-state index is 0.166. The first kappa shape index (κ1) is 15.0. The number of hydrogen-bond acceptors (Lipinski definition) is 3. The Kier molecular flexibility index (Phi) is 5.40. The van der Waals surface area contributed by atoms with Crippen molar-refractivity contribution in [3.63, 3.8) is 0 Å². The molecule has 19 heavy (non-hydrogen) atoms. The van der Waals surface area contributed by atoms with E-state index in [9.17, 15) is 0 Å². The maximum Gasteiger partial charge on any atom is 0.113 e. The van der Waals surface area contributed by atoms with Gasteiger partial charge in [0.2, 0.25) is 0 Å². The highest BCUT2D eigenvalue weighted by atomic mass is 32.1. The maximum atomic E-state index is 4.81. The summed E-state index contributed by atoms with van der Waals surface area (Å²) in [6, 6.07) is 0. The van der Waals surface area contributed by atoms with E-state index in [2.05, 4.69) is 31.5 Å². The molecular weight excluding hydrogens is 252 g/mol. The van der Waals surface area contributed by atoms with Crippen molar-refractivity contribution >= 4 is 11.3 Å². The van der Waals surface area contributed by atoms with E-state index < -0.39 is 0 Å². The van der Waals surface area contributed by atoms with Crippen molar-refractivity contribution in [2.75, 3.05) is 6.54 Å². The molecule has 1 aromatic heterocycles. The number of nitrogens with one attached hydrogen (secondary N) is 1. The van der Waals surface area contributed by atoms with Gasteiger partial charge < -0.3 is 5.32 Å². The smallest absolute Gasteiger partial charge is 0.113 e. The number of rotatable bonds is 5. The standard InChI is InChI=1S/C16H28N2S/c1-4-11-17-16(15-18-13(3)12-19-15)9-6-7-14(5-2)8-10-16/h12,14,17H,4-11H2,1-3H3. The fourth-order valence-electron chi connectivity index (χ4n) is 3.22. The summed E-state index contributed by atoms with van der Waals surface area (Å²) in [5.41, 5.74) is 1.34. The van der Waals surface area contributed by atoms with E-state index in [4.69, 9.17) is 4.98 Å². The van der Waals surface area contributed by atoms with Gasteiger partial charge in [-0.15, -0.1) is 11.3 Å². The van der Waals surface area contributed by atoms with Gasteiger partial charge in [-0.3, -0.25) is 0 Å². The van der Waals surface area contributed by atoms with Gasteiger partial charge in [0.05, 0.1) is 5.54 Å². The summed E-state index contributed by atoms with van der Waals surface area (Å²) in [6.07, 6.45) is 9.15. The zero-order valence-corrected chi connectivity index (χ0v) is 13.5. The third kappa shape index (κ3) is 3.57. The lowest BCUT2D eigenvalue weighted by Crippen LogP contribution is -2.42. The molecule has 2 nitrogen and oxygen atoms in total. The molecule has 1 aliphatic rings. The van der Waals surface area contributed by atoms with Gasteiger partial charge in [0.25, 0.3) is 0 Å². The molecule has 1 fully saturated rings. The van der Waals surface area contributed by atoms with E-state index in [1.165, 1.54) is 55.6 Å². The Morgan fingerprint density at radius 2 is 2.21 bits per heavy atom. The Labute approximate surface area is 122 Å². The van der Waals surface area contributed by atoms with E-state index in [0.717, 1.165) is 12.5 Å². The minimum atomic E-state index is 0.166. The highest BCUT2D eigenvalue weighted by molar-refractivity contribution is 7.09. The fraction of sp³-hybridized carbons (Fsp3) is 0.812. The molecule has 108 valence electrons. The molecule has 0 aromatic carbocycles. The molecule has 2 unspecified atom stereocenters. The summed E-state index contributed by atoms with van der Waals surface area (Å²) in [5.74, 6) is 0.923. The lowest BCUT2D eigenvalue weighted by atomic mass is 9.89. The average molecular weight is 280 g/mol. The topological polar surface area (TPSA) is 24.9 Å². The summed E-state index contributed by atoms with van der Waals surface area (Å²) < 4.78 is 0. The molecule has 0 saturated heterocycles. The first-order valence-electron chi connectivity index (χ1n) is 7.88. The zero-order chi connectivity index (χ0) is 13.7. The van der Waals surface area contributed by atoms with Crippen LogP contribution in [-0.2, 0) is 5.54 Å². The van der Waals surface area contributed by atoms with E-state index in [0.29, 0.717) is 0 Å². The normalized spacial score (nSPS) is 28.3. The Morgan fingerprint density at radius 3 is 2.84 bits per heavy atom. The molecule has 0 aliphatic heterocycles. The lowest BCUT2D eigenvalue weighted by Gasteiger charge is -2.32. The van der Waals surface area contributed by atoms with E-state index >= 15 is 0 Å². The predicted octanol–water partition coefficient (Wildman–Crippen LogP) is 4.64. The van der Waals surface area contributed by atoms with Crippen LogP contribution < -0.4 is 5.32 Å². The van der Waals surface area contributed by atoms with Crippen molar-refractivity contribution in [1.29, 1.82) is 0 Å². The van der Waals surface area contributed by atoms with Gasteiger partial charge in [0, 0.05) is 11.1 Å². The minimum Gasteiger partial charge on any atom is -0.305 e. The van der Waals surface area contributed by atoms with Gasteiger partial charge in [0.15, 0.2) is 0 Å². The predicted molar refractivity (Wildman–Crippen MR) is 83.7 cm³/mol. The molecule has 1 aromatic rings. The number of aryl methyl sites for hydroxylation is 1. The largest absolute Gasteiger partial charge is 0.305 e.